The van der Waals surface area contributed by atoms with Crippen LogP contribution in [0, 0.1) is 0 Å². The Morgan fingerprint density at radius 2 is 2.00 bits per heavy atom. The number of nitrogens with two attached hydrogens (primary N) is 2. The smallest absolute Gasteiger partial charge is 0.423 e. The summed E-state index contributed by atoms with van der Waals surface area (Å²) in [4.78, 5) is 26.8. The first-order valence-corrected chi connectivity index (χ1v) is 10.2. The summed E-state index contributed by atoms with van der Waals surface area (Å²) in [6.07, 6.45) is 0.777. The van der Waals surface area contributed by atoms with Crippen molar-refractivity contribution in [3.8, 4) is 0 Å². The van der Waals surface area contributed by atoms with Gasteiger partial charge in [0.15, 0.2) is 0 Å². The van der Waals surface area contributed by atoms with Crippen LogP contribution >= 0.6 is 0 Å². The Hall–Kier alpha value is -3.54. The Morgan fingerprint density at radius 1 is 1.22 bits per heavy atom. The van der Waals surface area contributed by atoms with Crippen LogP contribution in [0.15, 0.2) is 42.5 Å². The number of benzene rings is 2. The highest BCUT2D eigenvalue weighted by molar-refractivity contribution is 6.58. The summed E-state index contributed by atoms with van der Waals surface area (Å²) in [5.74, 6) is -0.400. The number of fused-ring (bicyclic) bond motifs is 1. The number of nitrogens with zero attached hydrogens (tertiary/aromatic N) is 4. The van der Waals surface area contributed by atoms with E-state index >= 15 is 0 Å². The van der Waals surface area contributed by atoms with Crippen molar-refractivity contribution in [2.24, 2.45) is 11.5 Å². The van der Waals surface area contributed by atoms with Gasteiger partial charge in [-0.25, -0.2) is 0 Å². The second kappa shape index (κ2) is 8.91. The van der Waals surface area contributed by atoms with Gasteiger partial charge in [-0.3, -0.25) is 4.79 Å². The van der Waals surface area contributed by atoms with Gasteiger partial charge in [0.1, 0.15) is 0 Å². The molecule has 0 fully saturated rings. The van der Waals surface area contributed by atoms with Gasteiger partial charge in [0, 0.05) is 24.8 Å². The Balaban J connectivity index is 1.67. The lowest BCUT2D eigenvalue weighted by molar-refractivity contribution is 0.0990. The lowest BCUT2D eigenvalue weighted by atomic mass is 9.80. The molecule has 1 aromatic heterocycles. The average Bonchev–Trinajstić information content (AvgIpc) is 3.13. The molecular weight excluding hydrogens is 409 g/mol. The number of carbonyl (C=O) groups excluding carboxylic acids is 1. The summed E-state index contributed by atoms with van der Waals surface area (Å²) in [7, 11) is -1.56. The monoisotopic (exact) mass is 433 g/mol. The van der Waals surface area contributed by atoms with E-state index in [1.165, 1.54) is 0 Å². The number of carbonyl (C=O) groups is 1. The third-order valence-corrected chi connectivity index (χ3v) is 5.43. The van der Waals surface area contributed by atoms with E-state index < -0.39 is 13.0 Å². The molecule has 164 valence electrons. The molecule has 0 aliphatic carbocycles. The molecule has 7 N–H and O–H groups in total. The number of aromatic nitrogens is 3. The van der Waals surface area contributed by atoms with Crippen LogP contribution in [0.25, 0.3) is 0 Å². The van der Waals surface area contributed by atoms with Gasteiger partial charge in [0.25, 0.3) is 5.91 Å². The topological polar surface area (TPSA) is 164 Å². The predicted molar refractivity (Wildman–Crippen MR) is 122 cm³/mol. The number of anilines is 3. The Bertz CT molecular complexity index is 1160. The molecule has 0 bridgehead atoms. The van der Waals surface area contributed by atoms with E-state index in [2.05, 4.69) is 20.3 Å². The number of nitrogens with one attached hydrogen (secondary N) is 1. The molecule has 2 aromatic carbocycles. The van der Waals surface area contributed by atoms with Crippen LogP contribution < -0.4 is 27.1 Å². The first-order chi connectivity index (χ1) is 15.4. The van der Waals surface area contributed by atoms with Crippen molar-refractivity contribution in [3.05, 3.63) is 65.0 Å². The maximum Gasteiger partial charge on any atom is 0.488 e. The molecule has 1 aliphatic rings. The zero-order chi connectivity index (χ0) is 22.8. The highest BCUT2D eigenvalue weighted by atomic mass is 16.4. The van der Waals surface area contributed by atoms with Gasteiger partial charge in [0.2, 0.25) is 17.7 Å². The fraction of sp³-hybridized carbons (Fsp3) is 0.238. The van der Waals surface area contributed by atoms with Crippen molar-refractivity contribution < 1.29 is 14.8 Å². The van der Waals surface area contributed by atoms with Gasteiger partial charge in [-0.1, -0.05) is 36.4 Å². The van der Waals surface area contributed by atoms with E-state index in [0.717, 1.165) is 28.8 Å². The van der Waals surface area contributed by atoms with Crippen molar-refractivity contribution in [1.82, 2.24) is 15.0 Å². The molecule has 10 nitrogen and oxygen atoms in total. The second-order valence-electron chi connectivity index (χ2n) is 7.66. The maximum absolute atomic E-state index is 11.9. The van der Waals surface area contributed by atoms with Crippen LogP contribution in [-0.4, -0.2) is 44.1 Å². The minimum absolute atomic E-state index is 0.0522. The predicted octanol–water partition coefficient (Wildman–Crippen LogP) is -0.196. The first-order valence-electron chi connectivity index (χ1n) is 10.2. The number of hydrogen-bond acceptors (Lipinski definition) is 9. The highest BCUT2D eigenvalue weighted by Gasteiger charge is 2.31. The molecule has 1 aliphatic heterocycles. The standard InChI is InChI=1S/C21H24BN7O3/c1-12-8-16-14(10-23)5-3-7-17(16)29(12)21-27-19(18(24)30)26-20(28-21)25-11-13-4-2-6-15(9-13)22(31)32/h2-7,9,12,31-32H,8,10-11,23H2,1H3,(H2,24,30)(H,25,26,27,28). The van der Waals surface area contributed by atoms with Crippen LogP contribution in [-0.2, 0) is 19.5 Å². The fourth-order valence-electron chi connectivity index (χ4n) is 3.91. The molecule has 1 unspecified atom stereocenters. The lowest BCUT2D eigenvalue weighted by Gasteiger charge is -2.23. The van der Waals surface area contributed by atoms with Gasteiger partial charge in [-0.15, -0.1) is 0 Å². The molecule has 2 heterocycles. The molecule has 3 aromatic rings. The van der Waals surface area contributed by atoms with Crippen LogP contribution in [0.3, 0.4) is 0 Å². The van der Waals surface area contributed by atoms with E-state index in [0.29, 0.717) is 24.5 Å². The van der Waals surface area contributed by atoms with E-state index in [1.54, 1.807) is 18.2 Å². The molecule has 0 spiro atoms. The number of amides is 1. The Labute approximate surface area is 185 Å². The molecule has 11 heteroatoms. The van der Waals surface area contributed by atoms with Crippen molar-refractivity contribution in [2.75, 3.05) is 10.2 Å². The normalized spacial score (nSPS) is 14.9. The first kappa shape index (κ1) is 21.7. The molecular formula is C21H24BN7O3. The van der Waals surface area contributed by atoms with E-state index in [1.807, 2.05) is 36.1 Å². The maximum atomic E-state index is 11.9. The SMILES string of the molecule is CC1Cc2c(CN)cccc2N1c1nc(NCc2cccc(B(O)O)c2)nc(C(N)=O)n1. The third-order valence-electron chi connectivity index (χ3n) is 5.43. The summed E-state index contributed by atoms with van der Waals surface area (Å²) in [5.41, 5.74) is 15.7. The summed E-state index contributed by atoms with van der Waals surface area (Å²) in [6, 6.07) is 12.8. The fourth-order valence-corrected chi connectivity index (χ4v) is 3.91. The summed E-state index contributed by atoms with van der Waals surface area (Å²) in [6.45, 7) is 2.78. The molecule has 0 radical (unpaired) electrons. The number of rotatable bonds is 7. The van der Waals surface area contributed by atoms with Gasteiger partial charge < -0.3 is 31.7 Å². The lowest BCUT2D eigenvalue weighted by Crippen LogP contribution is -2.30. The van der Waals surface area contributed by atoms with Crippen LogP contribution in [0.4, 0.5) is 17.6 Å². The minimum Gasteiger partial charge on any atom is -0.423 e. The van der Waals surface area contributed by atoms with Crippen LogP contribution in [0.1, 0.15) is 34.2 Å². The van der Waals surface area contributed by atoms with Gasteiger partial charge in [0.05, 0.1) is 0 Å². The second-order valence-corrected chi connectivity index (χ2v) is 7.66. The zero-order valence-corrected chi connectivity index (χ0v) is 17.6. The van der Waals surface area contributed by atoms with Crippen molar-refractivity contribution in [3.63, 3.8) is 0 Å². The zero-order valence-electron chi connectivity index (χ0n) is 17.6. The quantitative estimate of drug-likeness (QED) is 0.318. The third kappa shape index (κ3) is 4.26. The molecule has 4 rings (SSSR count). The molecule has 1 atom stereocenters. The largest absolute Gasteiger partial charge is 0.488 e. The van der Waals surface area contributed by atoms with E-state index in [9.17, 15) is 14.8 Å². The number of primary amides is 1. The highest BCUT2D eigenvalue weighted by Crippen LogP contribution is 2.38. The Morgan fingerprint density at radius 3 is 2.72 bits per heavy atom. The van der Waals surface area contributed by atoms with E-state index in [4.69, 9.17) is 11.5 Å². The summed E-state index contributed by atoms with van der Waals surface area (Å²) >= 11 is 0. The van der Waals surface area contributed by atoms with Gasteiger partial charge in [-0.05, 0) is 41.6 Å². The number of hydrogen-bond donors (Lipinski definition) is 5. The summed E-state index contributed by atoms with van der Waals surface area (Å²) < 4.78 is 0. The van der Waals surface area contributed by atoms with Crippen LogP contribution in [0.2, 0.25) is 0 Å². The van der Waals surface area contributed by atoms with Crippen molar-refractivity contribution in [1.29, 1.82) is 0 Å². The average molecular weight is 433 g/mol. The van der Waals surface area contributed by atoms with E-state index in [-0.39, 0.29) is 17.8 Å². The van der Waals surface area contributed by atoms with Gasteiger partial charge in [-0.2, -0.15) is 15.0 Å². The minimum atomic E-state index is -1.56. The summed E-state index contributed by atoms with van der Waals surface area (Å²) in [5, 5.41) is 21.8. The van der Waals surface area contributed by atoms with Gasteiger partial charge >= 0.3 is 7.12 Å². The molecule has 0 saturated heterocycles. The van der Waals surface area contributed by atoms with Crippen LogP contribution in [0.5, 0.6) is 0 Å². The Kier molecular flexibility index (Phi) is 6.04. The van der Waals surface area contributed by atoms with Crippen molar-refractivity contribution in [2.45, 2.75) is 32.5 Å². The molecule has 0 saturated carbocycles. The molecule has 32 heavy (non-hydrogen) atoms. The molecule has 1 amide bonds. The van der Waals surface area contributed by atoms with Crippen molar-refractivity contribution >= 4 is 36.1 Å².